The molecule has 1 amide bonds. The number of guanidine groups is 1. The number of nitrogens with two attached hydrogens (primary N) is 1. The van der Waals surface area contributed by atoms with Crippen LogP contribution in [0.4, 0.5) is 4.39 Å². The second-order valence-electron chi connectivity index (χ2n) is 7.39. The van der Waals surface area contributed by atoms with Crippen molar-refractivity contribution in [3.05, 3.63) is 100 Å². The highest BCUT2D eigenvalue weighted by atomic mass is 79.9. The zero-order chi connectivity index (χ0) is 23.8. The molecule has 1 aliphatic carbocycles. The van der Waals surface area contributed by atoms with Gasteiger partial charge < -0.3 is 9.92 Å². The van der Waals surface area contributed by atoms with Crippen LogP contribution < -0.4 is 5.73 Å². The molecule has 0 spiro atoms. The number of nitrogens with zero attached hydrogens (tertiary/aromatic N) is 2. The van der Waals surface area contributed by atoms with Gasteiger partial charge >= 0.3 is 10.1 Å². The average Bonchev–Trinajstić information content (AvgIpc) is 2.94. The minimum atomic E-state index is -4.02. The van der Waals surface area contributed by atoms with Crippen LogP contribution in [0.15, 0.2) is 98.5 Å². The van der Waals surface area contributed by atoms with Crippen molar-refractivity contribution in [2.45, 2.75) is 16.9 Å². The van der Waals surface area contributed by atoms with E-state index in [4.69, 9.17) is 9.92 Å². The van der Waals surface area contributed by atoms with E-state index in [0.717, 1.165) is 0 Å². The number of likely N-dealkylation sites (N-methyl/N-ethyl adjacent to an activating group) is 1. The lowest BCUT2D eigenvalue weighted by Gasteiger charge is -2.27. The van der Waals surface area contributed by atoms with E-state index in [1.54, 1.807) is 36.4 Å². The molecule has 0 saturated heterocycles. The minimum absolute atomic E-state index is 0.00565. The van der Waals surface area contributed by atoms with E-state index in [2.05, 4.69) is 20.9 Å². The van der Waals surface area contributed by atoms with Gasteiger partial charge in [0.05, 0.1) is 4.47 Å². The van der Waals surface area contributed by atoms with Gasteiger partial charge in [-0.05, 0) is 57.4 Å². The molecule has 0 radical (unpaired) electrons. The van der Waals surface area contributed by atoms with Gasteiger partial charge in [0.1, 0.15) is 16.5 Å². The number of carbonyl (C=O) groups is 1. The molecule has 0 saturated carbocycles. The summed E-state index contributed by atoms with van der Waals surface area (Å²) in [5.41, 5.74) is 5.24. The average molecular weight is 532 g/mol. The SMILES string of the molecule is CN1C(=O)C(C2=CC=C(OS(=O)(=O)c3ccccc3)CC=C2)(c2ccc(F)c(Br)c2)N=C1N. The number of allylic oxidation sites excluding steroid dienone is 3. The lowest BCUT2D eigenvalue weighted by atomic mass is 9.82. The Hall–Kier alpha value is -3.24. The molecule has 0 bridgehead atoms. The summed E-state index contributed by atoms with van der Waals surface area (Å²) in [6.07, 6.45) is 6.53. The Morgan fingerprint density at radius 1 is 1.18 bits per heavy atom. The van der Waals surface area contributed by atoms with Gasteiger partial charge in [0, 0.05) is 13.5 Å². The lowest BCUT2D eigenvalue weighted by Crippen LogP contribution is -2.41. The van der Waals surface area contributed by atoms with Gasteiger partial charge in [0.2, 0.25) is 0 Å². The van der Waals surface area contributed by atoms with E-state index in [1.807, 2.05) is 0 Å². The van der Waals surface area contributed by atoms with Crippen molar-refractivity contribution >= 4 is 37.9 Å². The van der Waals surface area contributed by atoms with Crippen LogP contribution in [0, 0.1) is 5.82 Å². The molecule has 2 N–H and O–H groups in total. The summed E-state index contributed by atoms with van der Waals surface area (Å²) in [5.74, 6) is -0.747. The number of halogens is 2. The Balaban J connectivity index is 1.78. The van der Waals surface area contributed by atoms with Crippen molar-refractivity contribution in [2.75, 3.05) is 7.05 Å². The number of hydrogen-bond acceptors (Lipinski definition) is 6. The van der Waals surface area contributed by atoms with Crippen molar-refractivity contribution in [3.63, 3.8) is 0 Å². The third-order valence-electron chi connectivity index (χ3n) is 5.31. The molecular weight excluding hydrogens is 513 g/mol. The molecule has 170 valence electrons. The predicted octanol–water partition coefficient (Wildman–Crippen LogP) is 3.75. The van der Waals surface area contributed by atoms with E-state index in [-0.39, 0.29) is 27.5 Å². The number of amides is 1. The minimum Gasteiger partial charge on any atom is -0.383 e. The second-order valence-corrected chi connectivity index (χ2v) is 9.79. The van der Waals surface area contributed by atoms with Gasteiger partial charge in [-0.1, -0.05) is 42.5 Å². The van der Waals surface area contributed by atoms with Gasteiger partial charge in [-0.15, -0.1) is 0 Å². The Morgan fingerprint density at radius 3 is 2.55 bits per heavy atom. The van der Waals surface area contributed by atoms with E-state index in [0.29, 0.717) is 11.1 Å². The Kier molecular flexibility index (Phi) is 5.98. The van der Waals surface area contributed by atoms with Gasteiger partial charge in [-0.25, -0.2) is 9.38 Å². The van der Waals surface area contributed by atoms with Gasteiger partial charge in [-0.2, -0.15) is 8.42 Å². The lowest BCUT2D eigenvalue weighted by molar-refractivity contribution is -0.129. The Bertz CT molecular complexity index is 1350. The zero-order valence-corrected chi connectivity index (χ0v) is 19.8. The maximum atomic E-state index is 13.9. The van der Waals surface area contributed by atoms with Crippen LogP contribution >= 0.6 is 15.9 Å². The zero-order valence-electron chi connectivity index (χ0n) is 17.4. The normalized spacial score (nSPS) is 20.8. The molecule has 0 fully saturated rings. The Labute approximate surface area is 199 Å². The molecule has 1 atom stereocenters. The van der Waals surface area contributed by atoms with Gasteiger partial charge in [-0.3, -0.25) is 9.69 Å². The van der Waals surface area contributed by atoms with E-state index in [9.17, 15) is 17.6 Å². The summed E-state index contributed by atoms with van der Waals surface area (Å²) >= 11 is 3.16. The molecule has 10 heteroatoms. The quantitative estimate of drug-likeness (QED) is 0.592. The molecule has 7 nitrogen and oxygen atoms in total. The summed E-state index contributed by atoms with van der Waals surface area (Å²) in [6.45, 7) is 0. The number of rotatable bonds is 5. The standard InChI is InChI=1S/C23H19BrFN3O4S/c1-28-21(29)23(27-22(28)26,16-11-13-20(25)19(24)14-16)15-6-5-7-17(12-10-15)32-33(30,31)18-8-3-2-4-9-18/h2-6,8-14H,7H2,1H3,(H2,26,27). The predicted molar refractivity (Wildman–Crippen MR) is 125 cm³/mol. The van der Waals surface area contributed by atoms with Crippen molar-refractivity contribution in [1.29, 1.82) is 0 Å². The van der Waals surface area contributed by atoms with Crippen molar-refractivity contribution < 1.29 is 21.8 Å². The number of aliphatic imine (C=N–C) groups is 1. The number of hydrogen-bond donors (Lipinski definition) is 1. The maximum absolute atomic E-state index is 13.9. The summed E-state index contributed by atoms with van der Waals surface area (Å²) in [5, 5.41) is 0. The van der Waals surface area contributed by atoms with Crippen LogP contribution in [0.1, 0.15) is 12.0 Å². The van der Waals surface area contributed by atoms with Crippen LogP contribution in [0.25, 0.3) is 0 Å². The molecule has 2 aromatic rings. The molecule has 4 rings (SSSR count). The summed E-state index contributed by atoms with van der Waals surface area (Å²) in [7, 11) is -2.52. The Morgan fingerprint density at radius 2 is 1.91 bits per heavy atom. The van der Waals surface area contributed by atoms with Crippen molar-refractivity contribution in [3.8, 4) is 0 Å². The molecular formula is C23H19BrFN3O4S. The first kappa shape index (κ1) is 22.9. The fourth-order valence-electron chi connectivity index (χ4n) is 3.59. The van der Waals surface area contributed by atoms with Crippen LogP contribution in [-0.2, 0) is 24.6 Å². The van der Waals surface area contributed by atoms with Gasteiger partial charge in [0.15, 0.2) is 11.5 Å². The molecule has 1 heterocycles. The maximum Gasteiger partial charge on any atom is 0.338 e. The first-order valence-corrected chi connectivity index (χ1v) is 12.0. The summed E-state index contributed by atoms with van der Waals surface area (Å²) in [6, 6.07) is 12.0. The fourth-order valence-corrected chi connectivity index (χ4v) is 4.96. The van der Waals surface area contributed by atoms with Crippen LogP contribution in [0.2, 0.25) is 0 Å². The highest BCUT2D eigenvalue weighted by Gasteiger charge is 2.50. The van der Waals surface area contributed by atoms with E-state index >= 15 is 0 Å². The third-order valence-corrected chi connectivity index (χ3v) is 7.20. The van der Waals surface area contributed by atoms with Crippen LogP contribution in [0.3, 0.4) is 0 Å². The van der Waals surface area contributed by atoms with Crippen LogP contribution in [-0.4, -0.2) is 32.2 Å². The topological polar surface area (TPSA) is 102 Å². The molecule has 2 aromatic carbocycles. The molecule has 0 aromatic heterocycles. The highest BCUT2D eigenvalue weighted by molar-refractivity contribution is 9.10. The summed E-state index contributed by atoms with van der Waals surface area (Å²) < 4.78 is 44.6. The largest absolute Gasteiger partial charge is 0.383 e. The molecule has 2 aliphatic rings. The smallest absolute Gasteiger partial charge is 0.338 e. The molecule has 1 aliphatic heterocycles. The van der Waals surface area contributed by atoms with E-state index in [1.165, 1.54) is 48.4 Å². The molecule has 1 unspecified atom stereocenters. The highest BCUT2D eigenvalue weighted by Crippen LogP contribution is 2.42. The first-order valence-electron chi connectivity index (χ1n) is 9.81. The number of carbonyl (C=O) groups excluding carboxylic acids is 1. The summed E-state index contributed by atoms with van der Waals surface area (Å²) in [4.78, 5) is 19.0. The molecule has 33 heavy (non-hydrogen) atoms. The van der Waals surface area contributed by atoms with Crippen LogP contribution in [0.5, 0.6) is 0 Å². The van der Waals surface area contributed by atoms with Gasteiger partial charge in [0.25, 0.3) is 5.91 Å². The van der Waals surface area contributed by atoms with Crippen molar-refractivity contribution in [1.82, 2.24) is 4.90 Å². The number of benzene rings is 2. The fraction of sp³-hybridized carbons (Fsp3) is 0.130. The van der Waals surface area contributed by atoms with E-state index < -0.39 is 27.4 Å². The first-order chi connectivity index (χ1) is 15.6. The van der Waals surface area contributed by atoms with Crippen molar-refractivity contribution in [2.24, 2.45) is 10.7 Å². The monoisotopic (exact) mass is 531 g/mol. The second kappa shape index (κ2) is 8.60. The third kappa shape index (κ3) is 4.11.